The lowest BCUT2D eigenvalue weighted by Gasteiger charge is -2.24. The minimum absolute atomic E-state index is 0.352. The summed E-state index contributed by atoms with van der Waals surface area (Å²) in [5, 5.41) is 21.3. The largest absolute Gasteiger partial charge is 0.508 e. The zero-order valence-corrected chi connectivity index (χ0v) is 31.7. The van der Waals surface area contributed by atoms with E-state index in [2.05, 4.69) is 47.9 Å². The van der Waals surface area contributed by atoms with Crippen LogP contribution in [0.5, 0.6) is 11.5 Å². The molecule has 0 atom stereocenters. The first kappa shape index (κ1) is 42.2. The Morgan fingerprint density at radius 1 is 0.460 bits per heavy atom. The maximum absolute atomic E-state index is 10.7. The third-order valence-corrected chi connectivity index (χ3v) is 9.67. The van der Waals surface area contributed by atoms with E-state index in [1.54, 1.807) is 0 Å². The molecule has 1 heterocycles. The number of phenolic OH excluding ortho intramolecular Hbond substituents is 2. The molecule has 2 N–H and O–H groups in total. The normalized spacial score (nSPS) is 17.0. The van der Waals surface area contributed by atoms with Gasteiger partial charge < -0.3 is 29.2 Å². The van der Waals surface area contributed by atoms with Crippen LogP contribution in [0, 0.1) is 0 Å². The maximum Gasteiger partial charge on any atom is 0.120 e. The molecule has 8 nitrogen and oxygen atoms in total. The van der Waals surface area contributed by atoms with Crippen molar-refractivity contribution in [2.45, 2.75) is 117 Å². The second-order valence-corrected chi connectivity index (χ2v) is 14.0. The molecule has 0 radical (unpaired) electrons. The fourth-order valence-corrected chi connectivity index (χ4v) is 6.50. The van der Waals surface area contributed by atoms with Gasteiger partial charge in [0.1, 0.15) is 11.5 Å². The quantitative estimate of drug-likeness (QED) is 0.151. The van der Waals surface area contributed by atoms with Crippen molar-refractivity contribution in [3.63, 3.8) is 0 Å². The number of hydrogen-bond acceptors (Lipinski definition) is 8. The first-order chi connectivity index (χ1) is 24.6. The summed E-state index contributed by atoms with van der Waals surface area (Å²) in [4.78, 5) is 4.59. The van der Waals surface area contributed by atoms with Crippen LogP contribution in [0.4, 0.5) is 0 Å². The number of aromatic hydroxyl groups is 2. The van der Waals surface area contributed by atoms with Crippen molar-refractivity contribution in [1.29, 1.82) is 0 Å². The van der Waals surface area contributed by atoms with E-state index in [1.165, 1.54) is 88.2 Å². The number of nitrogens with zero attached hydrogens (tertiary/aromatic N) is 2. The van der Waals surface area contributed by atoms with Gasteiger partial charge in [-0.2, -0.15) is 0 Å². The molecular weight excluding hydrogens is 628 g/mol. The molecule has 0 aliphatic carbocycles. The predicted octanol–water partition coefficient (Wildman–Crippen LogP) is 8.29. The van der Waals surface area contributed by atoms with Crippen LogP contribution >= 0.6 is 0 Å². The summed E-state index contributed by atoms with van der Waals surface area (Å²) >= 11 is 0. The zero-order valence-electron chi connectivity index (χ0n) is 31.7. The number of rotatable bonds is 18. The lowest BCUT2D eigenvalue weighted by atomic mass is 10.0. The highest BCUT2D eigenvalue weighted by atomic mass is 16.5. The Bertz CT molecular complexity index is 1020. The van der Waals surface area contributed by atoms with E-state index < -0.39 is 0 Å². The number of benzene rings is 2. The highest BCUT2D eigenvalue weighted by molar-refractivity contribution is 5.37. The highest BCUT2D eigenvalue weighted by Crippen LogP contribution is 2.23. The number of hydrogen-bond donors (Lipinski definition) is 2. The monoisotopic (exact) mass is 699 g/mol. The van der Waals surface area contributed by atoms with Gasteiger partial charge in [0.2, 0.25) is 0 Å². The van der Waals surface area contributed by atoms with Gasteiger partial charge in [0, 0.05) is 50.4 Å². The van der Waals surface area contributed by atoms with E-state index in [4.69, 9.17) is 18.9 Å². The van der Waals surface area contributed by atoms with Crippen molar-refractivity contribution in [2.75, 3.05) is 79.0 Å². The van der Waals surface area contributed by atoms with Gasteiger partial charge in [-0.3, -0.25) is 9.80 Å². The third kappa shape index (κ3) is 18.9. The highest BCUT2D eigenvalue weighted by Gasteiger charge is 2.13. The van der Waals surface area contributed by atoms with Gasteiger partial charge in [-0.15, -0.1) is 0 Å². The lowest BCUT2D eigenvalue weighted by Crippen LogP contribution is -2.32. The van der Waals surface area contributed by atoms with Crippen LogP contribution < -0.4 is 0 Å². The molecule has 1 saturated heterocycles. The molecule has 0 amide bonds. The lowest BCUT2D eigenvalue weighted by molar-refractivity contribution is 0.00611. The van der Waals surface area contributed by atoms with Crippen molar-refractivity contribution >= 4 is 0 Å². The minimum Gasteiger partial charge on any atom is -0.508 e. The Balaban J connectivity index is 1.45. The van der Waals surface area contributed by atoms with Crippen molar-refractivity contribution in [3.05, 3.63) is 58.7 Å². The topological polar surface area (TPSA) is 83.9 Å². The van der Waals surface area contributed by atoms with Crippen LogP contribution in [0.2, 0.25) is 0 Å². The van der Waals surface area contributed by atoms with Gasteiger partial charge in [0.25, 0.3) is 0 Å². The molecule has 0 saturated carbocycles. The molecule has 1 fully saturated rings. The van der Waals surface area contributed by atoms with Gasteiger partial charge in [0.05, 0.1) is 52.9 Å². The molecule has 0 spiro atoms. The third-order valence-electron chi connectivity index (χ3n) is 9.67. The molecule has 1 aliphatic heterocycles. The van der Waals surface area contributed by atoms with E-state index in [1.807, 2.05) is 12.1 Å². The van der Waals surface area contributed by atoms with Gasteiger partial charge in [-0.25, -0.2) is 0 Å². The Kier molecular flexibility index (Phi) is 23.2. The molecule has 2 aromatic rings. The Morgan fingerprint density at radius 3 is 1.16 bits per heavy atom. The minimum atomic E-state index is 0.352. The van der Waals surface area contributed by atoms with Gasteiger partial charge in [0.15, 0.2) is 0 Å². The first-order valence-electron chi connectivity index (χ1n) is 20.0. The average molecular weight is 699 g/mol. The smallest absolute Gasteiger partial charge is 0.120 e. The fraction of sp³-hybridized carbons (Fsp3) is 0.714. The summed E-state index contributed by atoms with van der Waals surface area (Å²) in [6, 6.07) is 12.2. The van der Waals surface area contributed by atoms with Crippen LogP contribution in [0.1, 0.15) is 113 Å². The molecular formula is C42H70N2O6. The Morgan fingerprint density at radius 2 is 0.800 bits per heavy atom. The Hall–Kier alpha value is -2.20. The first-order valence-corrected chi connectivity index (χ1v) is 20.0. The summed E-state index contributed by atoms with van der Waals surface area (Å²) in [7, 11) is 0. The van der Waals surface area contributed by atoms with Crippen molar-refractivity contribution in [3.8, 4) is 11.5 Å². The average Bonchev–Trinajstić information content (AvgIpc) is 3.11. The van der Waals surface area contributed by atoms with Gasteiger partial charge in [-0.1, -0.05) is 102 Å². The standard InChI is InChI=1S/C42H70N2O6/c1-3-5-7-9-11-13-15-37-17-19-41(45)39(33-37)35-43-21-25-47-29-31-49-27-23-44(24-28-50-32-30-48-26-22-43)36-40-34-38(18-20-42(40)46)16-14-12-10-8-6-4-2/h17-20,33-34,45-46H,3-16,21-32,35-36H2,1-2H3. The number of aryl methyl sites for hydroxylation is 2. The Labute approximate surface area is 304 Å². The van der Waals surface area contributed by atoms with Crippen LogP contribution in [0.3, 0.4) is 0 Å². The van der Waals surface area contributed by atoms with Crippen LogP contribution in [0.25, 0.3) is 0 Å². The van der Waals surface area contributed by atoms with Crippen LogP contribution in [0.15, 0.2) is 36.4 Å². The molecule has 0 aromatic heterocycles. The number of unbranched alkanes of at least 4 members (excludes halogenated alkanes) is 10. The molecule has 2 aromatic carbocycles. The van der Waals surface area contributed by atoms with Gasteiger partial charge in [-0.05, 0) is 48.9 Å². The molecule has 3 rings (SSSR count). The molecule has 1 aliphatic rings. The van der Waals surface area contributed by atoms with Crippen LogP contribution in [-0.2, 0) is 44.9 Å². The SMILES string of the molecule is CCCCCCCCc1ccc(O)c(CN2CCOCCOCCN(Cc3cc(CCCCCCCC)ccc3O)CCOCCOCC2)c1. The van der Waals surface area contributed by atoms with E-state index >= 15 is 0 Å². The maximum atomic E-state index is 10.7. The van der Waals surface area contributed by atoms with E-state index in [0.29, 0.717) is 77.4 Å². The summed E-state index contributed by atoms with van der Waals surface area (Å²) in [6.07, 6.45) is 17.5. The van der Waals surface area contributed by atoms with E-state index in [0.717, 1.165) is 50.1 Å². The molecule has 50 heavy (non-hydrogen) atoms. The number of phenols is 2. The number of ether oxygens (including phenoxy) is 4. The predicted molar refractivity (Wildman–Crippen MR) is 204 cm³/mol. The van der Waals surface area contributed by atoms with Gasteiger partial charge >= 0.3 is 0 Å². The van der Waals surface area contributed by atoms with Crippen molar-refractivity contribution in [2.24, 2.45) is 0 Å². The van der Waals surface area contributed by atoms with E-state index in [9.17, 15) is 10.2 Å². The summed E-state index contributed by atoms with van der Waals surface area (Å²) in [6.45, 7) is 13.3. The zero-order chi connectivity index (χ0) is 35.5. The summed E-state index contributed by atoms with van der Waals surface area (Å²) in [5.74, 6) is 0.704. The fourth-order valence-electron chi connectivity index (χ4n) is 6.50. The molecule has 284 valence electrons. The molecule has 8 heteroatoms. The molecule has 0 unspecified atom stereocenters. The molecule has 0 bridgehead atoms. The summed E-state index contributed by atoms with van der Waals surface area (Å²) < 4.78 is 23.9. The van der Waals surface area contributed by atoms with Crippen molar-refractivity contribution in [1.82, 2.24) is 9.80 Å². The second-order valence-electron chi connectivity index (χ2n) is 14.0. The van der Waals surface area contributed by atoms with Crippen LogP contribution in [-0.4, -0.2) is 99.0 Å². The summed E-state index contributed by atoms with van der Waals surface area (Å²) in [5.41, 5.74) is 4.52. The second kappa shape index (κ2) is 27.5. The van der Waals surface area contributed by atoms with Crippen molar-refractivity contribution < 1.29 is 29.2 Å². The van der Waals surface area contributed by atoms with E-state index in [-0.39, 0.29) is 0 Å².